The van der Waals surface area contributed by atoms with Crippen LogP contribution in [-0.4, -0.2) is 30.0 Å². The minimum atomic E-state index is -4.95. The molecule has 0 aromatic carbocycles. The number of aliphatic carboxylic acids is 1. The molecule has 0 aliphatic heterocycles. The number of hydrogen-bond donors (Lipinski definition) is 2. The van der Waals surface area contributed by atoms with Crippen molar-refractivity contribution in [3.63, 3.8) is 0 Å². The Morgan fingerprint density at radius 1 is 1.00 bits per heavy atom. The predicted molar refractivity (Wildman–Crippen MR) is 80.6 cm³/mol. The summed E-state index contributed by atoms with van der Waals surface area (Å²) in [5.41, 5.74) is -1.41. The molecule has 0 fully saturated rings. The van der Waals surface area contributed by atoms with Crippen molar-refractivity contribution >= 4 is 22.3 Å². The van der Waals surface area contributed by atoms with Gasteiger partial charge in [0, 0.05) is 0 Å². The molecule has 2 N–H and O–H groups in total. The van der Waals surface area contributed by atoms with Gasteiger partial charge in [-0.15, -0.1) is 0 Å². The van der Waals surface area contributed by atoms with E-state index in [1.807, 2.05) is 13.8 Å². The minimum absolute atomic E-state index is 0.227. The fraction of sp³-hybridized carbons (Fsp3) is 0.857. The molecule has 0 heterocycles. The van der Waals surface area contributed by atoms with E-state index in [1.165, 1.54) is 0 Å². The van der Waals surface area contributed by atoms with Gasteiger partial charge in [0.1, 0.15) is 0 Å². The van der Waals surface area contributed by atoms with Gasteiger partial charge >= 0.3 is 22.3 Å². The topological polar surface area (TPSA) is 118 Å². The van der Waals surface area contributed by atoms with E-state index in [0.717, 1.165) is 25.7 Å². The lowest BCUT2D eigenvalue weighted by Crippen LogP contribution is -2.36. The molecular formula is C14H26O7S. The molecule has 0 aliphatic carbocycles. The maximum absolute atomic E-state index is 12.2. The molecule has 0 saturated heterocycles. The predicted octanol–water partition coefficient (Wildman–Crippen LogP) is 2.95. The molecule has 0 unspecified atom stereocenters. The first-order chi connectivity index (χ1) is 10.2. The number of carboxylic acids is 1. The van der Waals surface area contributed by atoms with Crippen molar-refractivity contribution in [2.75, 3.05) is 0 Å². The standard InChI is InChI=1S/C14H26O7S/c1-3-5-7-9-14(11-12(15)16,10-8-6-4-2)13(17)21-22(18,19)20/h3-11H2,1-2H3,(H,15,16)(H,18,19,20). The van der Waals surface area contributed by atoms with Crippen LogP contribution in [0.1, 0.15) is 71.6 Å². The molecule has 130 valence electrons. The Balaban J connectivity index is 5.29. The van der Waals surface area contributed by atoms with E-state index in [4.69, 9.17) is 9.66 Å². The summed E-state index contributed by atoms with van der Waals surface area (Å²) in [7, 11) is -4.95. The first-order valence-electron chi connectivity index (χ1n) is 7.60. The summed E-state index contributed by atoms with van der Waals surface area (Å²) in [5.74, 6) is -2.37. The molecule has 0 rings (SSSR count). The summed E-state index contributed by atoms with van der Waals surface area (Å²) in [6, 6.07) is 0. The second-order valence-electron chi connectivity index (χ2n) is 5.56. The van der Waals surface area contributed by atoms with Gasteiger partial charge in [-0.1, -0.05) is 52.4 Å². The SMILES string of the molecule is CCCCCC(CCCCC)(CC(=O)O)C(=O)OS(=O)(=O)O. The van der Waals surface area contributed by atoms with Crippen molar-refractivity contribution in [1.29, 1.82) is 0 Å². The number of carbonyl (C=O) groups is 2. The molecule has 0 saturated carbocycles. The van der Waals surface area contributed by atoms with Gasteiger partial charge in [-0.05, 0) is 12.8 Å². The van der Waals surface area contributed by atoms with Gasteiger partial charge in [0.25, 0.3) is 0 Å². The summed E-state index contributed by atoms with van der Waals surface area (Å²) < 4.78 is 34.4. The molecule has 0 bridgehead atoms. The third-order valence-corrected chi connectivity index (χ3v) is 3.98. The summed E-state index contributed by atoms with van der Waals surface area (Å²) in [4.78, 5) is 23.3. The van der Waals surface area contributed by atoms with Gasteiger partial charge in [-0.2, -0.15) is 8.42 Å². The Kier molecular flexibility index (Phi) is 9.27. The minimum Gasteiger partial charge on any atom is -0.481 e. The molecule has 0 spiro atoms. The van der Waals surface area contributed by atoms with Crippen molar-refractivity contribution in [3.05, 3.63) is 0 Å². The third-order valence-electron chi connectivity index (χ3n) is 3.62. The highest BCUT2D eigenvalue weighted by Crippen LogP contribution is 2.37. The average molecular weight is 338 g/mol. The lowest BCUT2D eigenvalue weighted by molar-refractivity contribution is -0.154. The molecular weight excluding hydrogens is 312 g/mol. The molecule has 7 nitrogen and oxygen atoms in total. The number of carbonyl (C=O) groups excluding carboxylic acids is 1. The van der Waals surface area contributed by atoms with Crippen LogP contribution in [0, 0.1) is 5.41 Å². The maximum Gasteiger partial charge on any atom is 0.448 e. The van der Waals surface area contributed by atoms with Crippen molar-refractivity contribution in [2.45, 2.75) is 71.6 Å². The number of unbranched alkanes of at least 4 members (excludes halogenated alkanes) is 4. The Labute approximate surface area is 132 Å². The highest BCUT2D eigenvalue weighted by atomic mass is 32.3. The van der Waals surface area contributed by atoms with E-state index < -0.39 is 34.2 Å². The van der Waals surface area contributed by atoms with Gasteiger partial charge < -0.3 is 9.29 Å². The Morgan fingerprint density at radius 2 is 1.45 bits per heavy atom. The number of hydrogen-bond acceptors (Lipinski definition) is 5. The summed E-state index contributed by atoms with van der Waals surface area (Å²) in [6.07, 6.45) is 4.50. The maximum atomic E-state index is 12.2. The van der Waals surface area contributed by atoms with E-state index in [9.17, 15) is 18.0 Å². The Bertz CT molecular complexity index is 446. The zero-order valence-electron chi connectivity index (χ0n) is 13.2. The van der Waals surface area contributed by atoms with Gasteiger partial charge in [-0.25, -0.2) is 0 Å². The van der Waals surface area contributed by atoms with Gasteiger partial charge in [0.15, 0.2) is 0 Å². The largest absolute Gasteiger partial charge is 0.481 e. The van der Waals surface area contributed by atoms with E-state index in [0.29, 0.717) is 12.8 Å². The fourth-order valence-electron chi connectivity index (χ4n) is 2.48. The van der Waals surface area contributed by atoms with Crippen LogP contribution in [0.5, 0.6) is 0 Å². The highest BCUT2D eigenvalue weighted by Gasteiger charge is 2.43. The smallest absolute Gasteiger partial charge is 0.448 e. The molecule has 0 aliphatic rings. The van der Waals surface area contributed by atoms with E-state index in [-0.39, 0.29) is 12.8 Å². The van der Waals surface area contributed by atoms with Crippen LogP contribution in [-0.2, 0) is 24.2 Å². The van der Waals surface area contributed by atoms with Crippen LogP contribution in [0.3, 0.4) is 0 Å². The molecule has 0 aromatic rings. The van der Waals surface area contributed by atoms with Crippen LogP contribution in [0.4, 0.5) is 0 Å². The first kappa shape index (κ1) is 20.9. The normalized spacial score (nSPS) is 12.1. The summed E-state index contributed by atoms with van der Waals surface area (Å²) >= 11 is 0. The average Bonchev–Trinajstić information content (AvgIpc) is 2.36. The molecule has 0 atom stereocenters. The van der Waals surface area contributed by atoms with Crippen molar-refractivity contribution in [3.8, 4) is 0 Å². The van der Waals surface area contributed by atoms with E-state index in [2.05, 4.69) is 4.18 Å². The van der Waals surface area contributed by atoms with E-state index in [1.54, 1.807) is 0 Å². The monoisotopic (exact) mass is 338 g/mol. The second kappa shape index (κ2) is 9.78. The lowest BCUT2D eigenvalue weighted by Gasteiger charge is -2.29. The van der Waals surface area contributed by atoms with Crippen molar-refractivity contribution < 1.29 is 31.8 Å². The van der Waals surface area contributed by atoms with Crippen LogP contribution in [0.15, 0.2) is 0 Å². The molecule has 0 amide bonds. The fourth-order valence-corrected chi connectivity index (χ4v) is 2.85. The first-order valence-corrected chi connectivity index (χ1v) is 8.96. The van der Waals surface area contributed by atoms with E-state index >= 15 is 0 Å². The zero-order valence-corrected chi connectivity index (χ0v) is 14.0. The number of rotatable bonds is 12. The molecule has 0 radical (unpaired) electrons. The highest BCUT2D eigenvalue weighted by molar-refractivity contribution is 7.81. The number of carboxylic acid groups (broad SMARTS) is 1. The van der Waals surface area contributed by atoms with Crippen LogP contribution in [0.25, 0.3) is 0 Å². The molecule has 22 heavy (non-hydrogen) atoms. The summed E-state index contributed by atoms with van der Waals surface area (Å²) in [6.45, 7) is 3.93. The van der Waals surface area contributed by atoms with Crippen LogP contribution < -0.4 is 0 Å². The lowest BCUT2D eigenvalue weighted by atomic mass is 9.75. The Hall–Kier alpha value is -1.15. The molecule has 0 aromatic heterocycles. The van der Waals surface area contributed by atoms with Crippen LogP contribution in [0.2, 0.25) is 0 Å². The summed E-state index contributed by atoms with van der Waals surface area (Å²) in [5, 5.41) is 9.09. The van der Waals surface area contributed by atoms with Gasteiger partial charge in [-0.3, -0.25) is 14.1 Å². The van der Waals surface area contributed by atoms with Crippen molar-refractivity contribution in [2.24, 2.45) is 5.41 Å². The third kappa shape index (κ3) is 8.33. The van der Waals surface area contributed by atoms with Crippen molar-refractivity contribution in [1.82, 2.24) is 0 Å². The zero-order chi connectivity index (χ0) is 17.2. The van der Waals surface area contributed by atoms with Gasteiger partial charge in [0.2, 0.25) is 0 Å². The molecule has 8 heteroatoms. The Morgan fingerprint density at radius 3 is 1.77 bits per heavy atom. The van der Waals surface area contributed by atoms with Gasteiger partial charge in [0.05, 0.1) is 11.8 Å². The second-order valence-corrected chi connectivity index (χ2v) is 6.59. The van der Waals surface area contributed by atoms with Crippen LogP contribution >= 0.6 is 0 Å². The quantitative estimate of drug-likeness (QED) is 0.415.